The predicted octanol–water partition coefficient (Wildman–Crippen LogP) is 3.95. The molecule has 0 saturated heterocycles. The number of carbonyl (C=O) groups excluding carboxylic acids is 2. The van der Waals surface area contributed by atoms with Gasteiger partial charge in [0.2, 0.25) is 0 Å². The maximum Gasteiger partial charge on any atom is 0.309 e. The van der Waals surface area contributed by atoms with E-state index in [0.29, 0.717) is 24.5 Å². The van der Waals surface area contributed by atoms with Gasteiger partial charge in [0.25, 0.3) is 0 Å². The molecule has 148 valence electrons. The van der Waals surface area contributed by atoms with Gasteiger partial charge in [-0.15, -0.1) is 0 Å². The molecule has 0 spiro atoms. The minimum absolute atomic E-state index is 0.0248. The highest BCUT2D eigenvalue weighted by Gasteiger charge is 2.18. The highest BCUT2D eigenvalue weighted by Crippen LogP contribution is 2.23. The van der Waals surface area contributed by atoms with Crippen LogP contribution in [-0.2, 0) is 16.0 Å². The van der Waals surface area contributed by atoms with E-state index in [2.05, 4.69) is 10.6 Å². The molecule has 0 atom stereocenters. The minimum atomic E-state index is -0.627. The summed E-state index contributed by atoms with van der Waals surface area (Å²) in [6.45, 7) is 0.728. The van der Waals surface area contributed by atoms with Gasteiger partial charge in [-0.25, -0.2) is 0 Å². The van der Waals surface area contributed by atoms with Gasteiger partial charge in [0.15, 0.2) is 0 Å². The lowest BCUT2D eigenvalue weighted by Gasteiger charge is -2.18. The van der Waals surface area contributed by atoms with Crippen LogP contribution < -0.4 is 10.6 Å². The molecule has 0 saturated carbocycles. The highest BCUT2D eigenvalue weighted by atomic mass is 35.5. The Balaban J connectivity index is 1.54. The summed E-state index contributed by atoms with van der Waals surface area (Å²) < 4.78 is 0. The van der Waals surface area contributed by atoms with Crippen molar-refractivity contribution in [3.05, 3.63) is 107 Å². The van der Waals surface area contributed by atoms with Gasteiger partial charge in [0.1, 0.15) is 0 Å². The van der Waals surface area contributed by atoms with Crippen LogP contribution in [0.25, 0.3) is 0 Å². The van der Waals surface area contributed by atoms with Crippen LogP contribution in [0.15, 0.2) is 84.9 Å². The largest absolute Gasteiger partial charge is 0.348 e. The molecule has 0 aliphatic carbocycles. The number of hydrogen-bond acceptors (Lipinski definition) is 2. The number of rotatable bonds is 7. The highest BCUT2D eigenvalue weighted by molar-refractivity contribution is 6.35. The fourth-order valence-corrected chi connectivity index (χ4v) is 3.25. The van der Waals surface area contributed by atoms with Gasteiger partial charge < -0.3 is 10.6 Å². The molecule has 3 aromatic rings. The molecule has 0 aliphatic heterocycles. The van der Waals surface area contributed by atoms with Crippen molar-refractivity contribution >= 4 is 23.4 Å². The van der Waals surface area contributed by atoms with E-state index in [0.717, 1.165) is 16.7 Å². The van der Waals surface area contributed by atoms with Crippen LogP contribution in [0.1, 0.15) is 22.6 Å². The average molecular weight is 407 g/mol. The van der Waals surface area contributed by atoms with E-state index in [9.17, 15) is 9.59 Å². The summed E-state index contributed by atoms with van der Waals surface area (Å²) in [5.74, 6) is -1.28. The molecular formula is C24H23ClN2O2. The SMILES string of the molecule is O=C(NCCc1ccc(Cl)cc1)C(=O)NCC(c1ccccc1)c1ccccc1. The first-order chi connectivity index (χ1) is 14.1. The Hall–Kier alpha value is -3.11. The third-order valence-corrected chi connectivity index (χ3v) is 4.94. The van der Waals surface area contributed by atoms with Crippen LogP contribution in [0.5, 0.6) is 0 Å². The molecule has 0 radical (unpaired) electrons. The fourth-order valence-electron chi connectivity index (χ4n) is 3.13. The molecule has 5 heteroatoms. The summed E-state index contributed by atoms with van der Waals surface area (Å²) >= 11 is 5.86. The zero-order valence-corrected chi connectivity index (χ0v) is 16.7. The monoisotopic (exact) mass is 406 g/mol. The zero-order chi connectivity index (χ0) is 20.5. The minimum Gasteiger partial charge on any atom is -0.348 e. The molecule has 0 aliphatic rings. The summed E-state index contributed by atoms with van der Waals surface area (Å²) in [6.07, 6.45) is 0.632. The molecule has 3 aromatic carbocycles. The standard InChI is InChI=1S/C24H23ClN2O2/c25-21-13-11-18(12-14-21)15-16-26-23(28)24(29)27-17-22(19-7-3-1-4-8-19)20-9-5-2-6-10-20/h1-14,22H,15-17H2,(H,26,28)(H,27,29). The molecule has 0 bridgehead atoms. The Labute approximate surface area is 175 Å². The van der Waals surface area contributed by atoms with E-state index in [-0.39, 0.29) is 5.92 Å². The topological polar surface area (TPSA) is 58.2 Å². The molecule has 0 heterocycles. The number of nitrogens with one attached hydrogen (secondary N) is 2. The van der Waals surface area contributed by atoms with Gasteiger partial charge in [-0.3, -0.25) is 9.59 Å². The predicted molar refractivity (Wildman–Crippen MR) is 116 cm³/mol. The lowest BCUT2D eigenvalue weighted by Crippen LogP contribution is -2.42. The maximum atomic E-state index is 12.3. The number of amides is 2. The van der Waals surface area contributed by atoms with Crippen LogP contribution in [-0.4, -0.2) is 24.9 Å². The van der Waals surface area contributed by atoms with E-state index in [4.69, 9.17) is 11.6 Å². The van der Waals surface area contributed by atoms with Crippen molar-refractivity contribution in [1.29, 1.82) is 0 Å². The lowest BCUT2D eigenvalue weighted by atomic mass is 9.91. The van der Waals surface area contributed by atoms with Crippen LogP contribution >= 0.6 is 11.6 Å². The summed E-state index contributed by atoms with van der Waals surface area (Å²) in [4.78, 5) is 24.4. The molecule has 2 N–H and O–H groups in total. The molecule has 0 unspecified atom stereocenters. The van der Waals surface area contributed by atoms with Crippen LogP contribution in [0.2, 0.25) is 5.02 Å². The van der Waals surface area contributed by atoms with Crippen molar-refractivity contribution in [3.63, 3.8) is 0 Å². The van der Waals surface area contributed by atoms with Crippen LogP contribution in [0.3, 0.4) is 0 Å². The summed E-state index contributed by atoms with van der Waals surface area (Å²) in [7, 11) is 0. The smallest absolute Gasteiger partial charge is 0.309 e. The molecule has 3 rings (SSSR count). The van der Waals surface area contributed by atoms with Crippen molar-refractivity contribution in [2.45, 2.75) is 12.3 Å². The van der Waals surface area contributed by atoms with Crippen molar-refractivity contribution in [3.8, 4) is 0 Å². The van der Waals surface area contributed by atoms with E-state index < -0.39 is 11.8 Å². The summed E-state index contributed by atoms with van der Waals surface area (Å²) in [5, 5.41) is 6.10. The van der Waals surface area contributed by atoms with E-state index >= 15 is 0 Å². The Morgan fingerprint density at radius 1 is 0.724 bits per heavy atom. The molecule has 4 nitrogen and oxygen atoms in total. The molecule has 0 fully saturated rings. The van der Waals surface area contributed by atoms with Gasteiger partial charge in [0.05, 0.1) is 0 Å². The van der Waals surface area contributed by atoms with Crippen molar-refractivity contribution in [2.24, 2.45) is 0 Å². The molecule has 0 aromatic heterocycles. The van der Waals surface area contributed by atoms with Crippen molar-refractivity contribution in [2.75, 3.05) is 13.1 Å². The number of halogens is 1. The Kier molecular flexibility index (Phi) is 7.42. The van der Waals surface area contributed by atoms with Gasteiger partial charge in [-0.05, 0) is 35.2 Å². The summed E-state index contributed by atoms with van der Waals surface area (Å²) in [6, 6.07) is 27.3. The number of hydrogen-bond donors (Lipinski definition) is 2. The number of benzene rings is 3. The fraction of sp³-hybridized carbons (Fsp3) is 0.167. The average Bonchev–Trinajstić information content (AvgIpc) is 2.76. The van der Waals surface area contributed by atoms with Crippen LogP contribution in [0, 0.1) is 0 Å². The maximum absolute atomic E-state index is 12.3. The third-order valence-electron chi connectivity index (χ3n) is 4.69. The Bertz CT molecular complexity index is 889. The van der Waals surface area contributed by atoms with Gasteiger partial charge in [-0.2, -0.15) is 0 Å². The molecule has 29 heavy (non-hydrogen) atoms. The van der Waals surface area contributed by atoms with Gasteiger partial charge in [0, 0.05) is 24.0 Å². The second-order valence-corrected chi connectivity index (χ2v) is 7.15. The molecule has 2 amide bonds. The van der Waals surface area contributed by atoms with Gasteiger partial charge in [-0.1, -0.05) is 84.4 Å². The Morgan fingerprint density at radius 3 is 1.79 bits per heavy atom. The first-order valence-electron chi connectivity index (χ1n) is 9.54. The lowest BCUT2D eigenvalue weighted by molar-refractivity contribution is -0.139. The number of carbonyl (C=O) groups is 2. The molecular weight excluding hydrogens is 384 g/mol. The van der Waals surface area contributed by atoms with E-state index in [1.807, 2.05) is 72.8 Å². The van der Waals surface area contributed by atoms with Crippen molar-refractivity contribution in [1.82, 2.24) is 10.6 Å². The van der Waals surface area contributed by atoms with E-state index in [1.54, 1.807) is 12.1 Å². The Morgan fingerprint density at radius 2 is 1.24 bits per heavy atom. The quantitative estimate of drug-likeness (QED) is 0.584. The van der Waals surface area contributed by atoms with Gasteiger partial charge >= 0.3 is 11.8 Å². The second kappa shape index (κ2) is 10.4. The third kappa shape index (κ3) is 6.19. The normalized spacial score (nSPS) is 10.6. The first-order valence-corrected chi connectivity index (χ1v) is 9.91. The first kappa shape index (κ1) is 20.6. The van der Waals surface area contributed by atoms with Crippen LogP contribution in [0.4, 0.5) is 0 Å². The summed E-state index contributed by atoms with van der Waals surface area (Å²) in [5.41, 5.74) is 3.22. The van der Waals surface area contributed by atoms with Crippen molar-refractivity contribution < 1.29 is 9.59 Å². The second-order valence-electron chi connectivity index (χ2n) is 6.72. The van der Waals surface area contributed by atoms with E-state index in [1.165, 1.54) is 0 Å². The zero-order valence-electron chi connectivity index (χ0n) is 16.0.